The normalized spacial score (nSPS) is 24.0. The third-order valence-corrected chi connectivity index (χ3v) is 5.16. The number of hydrogen-bond donors (Lipinski definition) is 1. The van der Waals surface area contributed by atoms with E-state index in [4.69, 9.17) is 4.42 Å². The molecule has 2 aromatic heterocycles. The molecule has 1 aliphatic carbocycles. The van der Waals surface area contributed by atoms with Gasteiger partial charge in [-0.1, -0.05) is 12.8 Å². The van der Waals surface area contributed by atoms with E-state index in [1.807, 2.05) is 16.8 Å². The molecule has 2 aromatic rings. The van der Waals surface area contributed by atoms with Crippen molar-refractivity contribution in [3.05, 3.63) is 30.0 Å². The molecule has 0 aromatic carbocycles. The van der Waals surface area contributed by atoms with Crippen molar-refractivity contribution in [2.24, 2.45) is 0 Å². The number of aliphatic hydroxyl groups excluding tert-OH is 1. The number of tetrazole rings is 1. The van der Waals surface area contributed by atoms with Crippen LogP contribution in [0.2, 0.25) is 0 Å². The first-order valence-corrected chi connectivity index (χ1v) is 9.03. The van der Waals surface area contributed by atoms with Crippen molar-refractivity contribution in [1.29, 1.82) is 0 Å². The summed E-state index contributed by atoms with van der Waals surface area (Å²) in [6, 6.07) is 4.50. The Morgan fingerprint density at radius 3 is 2.96 bits per heavy atom. The molecule has 0 unspecified atom stereocenters. The molecule has 1 aliphatic heterocycles. The summed E-state index contributed by atoms with van der Waals surface area (Å²) in [6.45, 7) is 1.80. The van der Waals surface area contributed by atoms with E-state index in [2.05, 4.69) is 20.4 Å². The Labute approximate surface area is 141 Å². The molecule has 0 amide bonds. The monoisotopic (exact) mass is 331 g/mol. The van der Waals surface area contributed by atoms with Crippen LogP contribution in [0, 0.1) is 0 Å². The maximum absolute atomic E-state index is 10.5. The first-order chi connectivity index (χ1) is 11.8. The first kappa shape index (κ1) is 15.8. The summed E-state index contributed by atoms with van der Waals surface area (Å²) >= 11 is 0. The van der Waals surface area contributed by atoms with Crippen LogP contribution in [0.3, 0.4) is 0 Å². The number of hydrogen-bond acceptors (Lipinski definition) is 6. The van der Waals surface area contributed by atoms with E-state index in [9.17, 15) is 5.11 Å². The summed E-state index contributed by atoms with van der Waals surface area (Å²) < 4.78 is 7.35. The highest BCUT2D eigenvalue weighted by Gasteiger charge is 2.30. The predicted octanol–water partition coefficient (Wildman–Crippen LogP) is 2.47. The number of nitrogens with zero attached hydrogens (tertiary/aromatic N) is 5. The second-order valence-corrected chi connectivity index (χ2v) is 7.01. The van der Waals surface area contributed by atoms with Crippen LogP contribution in [-0.2, 0) is 6.54 Å². The molecule has 0 radical (unpaired) electrons. The molecular weight excluding hydrogens is 306 g/mol. The van der Waals surface area contributed by atoms with E-state index in [1.165, 1.54) is 32.1 Å². The number of furan rings is 1. The number of aromatic nitrogens is 4. The minimum Gasteiger partial charge on any atom is -0.467 e. The molecule has 130 valence electrons. The highest BCUT2D eigenvalue weighted by atomic mass is 16.4. The molecule has 0 spiro atoms. The summed E-state index contributed by atoms with van der Waals surface area (Å²) in [4.78, 5) is 2.45. The van der Waals surface area contributed by atoms with E-state index in [0.29, 0.717) is 24.3 Å². The van der Waals surface area contributed by atoms with Crippen molar-refractivity contribution in [3.8, 4) is 0 Å². The van der Waals surface area contributed by atoms with Crippen molar-refractivity contribution in [2.75, 3.05) is 6.54 Å². The minimum absolute atomic E-state index is 0.331. The largest absolute Gasteiger partial charge is 0.467 e. The Morgan fingerprint density at radius 1 is 1.25 bits per heavy atom. The Balaban J connectivity index is 1.46. The lowest BCUT2D eigenvalue weighted by Gasteiger charge is -2.30. The lowest BCUT2D eigenvalue weighted by Crippen LogP contribution is -2.36. The van der Waals surface area contributed by atoms with Gasteiger partial charge in [0.15, 0.2) is 5.82 Å². The van der Waals surface area contributed by atoms with Gasteiger partial charge in [-0.2, -0.15) is 0 Å². The molecule has 1 saturated carbocycles. The average molecular weight is 331 g/mol. The van der Waals surface area contributed by atoms with Crippen LogP contribution in [0.1, 0.15) is 68.7 Å². The number of rotatable bonds is 6. The molecule has 7 nitrogen and oxygen atoms in total. The molecule has 7 heteroatoms. The average Bonchev–Trinajstić information content (AvgIpc) is 3.14. The van der Waals surface area contributed by atoms with E-state index >= 15 is 0 Å². The SMILES string of the molecule is O[C@@H](C[C@H]1CCCCCN1Cc1nnnn1C1CC1)c1ccco1. The predicted molar refractivity (Wildman–Crippen MR) is 87.0 cm³/mol. The van der Waals surface area contributed by atoms with Crippen LogP contribution >= 0.6 is 0 Å². The number of likely N-dealkylation sites (tertiary alicyclic amines) is 1. The van der Waals surface area contributed by atoms with Crippen LogP contribution in [0.4, 0.5) is 0 Å². The zero-order valence-electron chi connectivity index (χ0n) is 13.9. The van der Waals surface area contributed by atoms with Crippen molar-refractivity contribution in [1.82, 2.24) is 25.1 Å². The smallest absolute Gasteiger partial charge is 0.165 e. The Bertz CT molecular complexity index is 637. The van der Waals surface area contributed by atoms with Gasteiger partial charge in [0, 0.05) is 6.04 Å². The van der Waals surface area contributed by atoms with Crippen LogP contribution < -0.4 is 0 Å². The van der Waals surface area contributed by atoms with Gasteiger partial charge in [-0.3, -0.25) is 4.90 Å². The molecule has 4 rings (SSSR count). The van der Waals surface area contributed by atoms with Crippen molar-refractivity contribution < 1.29 is 9.52 Å². The Hall–Kier alpha value is -1.73. The van der Waals surface area contributed by atoms with Gasteiger partial charge in [0.1, 0.15) is 11.9 Å². The molecule has 1 saturated heterocycles. The van der Waals surface area contributed by atoms with Gasteiger partial charge in [0.2, 0.25) is 0 Å². The molecule has 3 heterocycles. The lowest BCUT2D eigenvalue weighted by molar-refractivity contribution is 0.0811. The van der Waals surface area contributed by atoms with E-state index in [1.54, 1.807) is 6.26 Å². The van der Waals surface area contributed by atoms with Crippen molar-refractivity contribution >= 4 is 0 Å². The van der Waals surface area contributed by atoms with Crippen LogP contribution in [-0.4, -0.2) is 42.8 Å². The van der Waals surface area contributed by atoms with Crippen LogP contribution in [0.25, 0.3) is 0 Å². The fourth-order valence-electron chi connectivity index (χ4n) is 3.67. The summed E-state index contributed by atoms with van der Waals surface area (Å²) in [5.41, 5.74) is 0. The second-order valence-electron chi connectivity index (χ2n) is 7.01. The van der Waals surface area contributed by atoms with Gasteiger partial charge in [0.25, 0.3) is 0 Å². The topological polar surface area (TPSA) is 80.2 Å². The van der Waals surface area contributed by atoms with E-state index < -0.39 is 6.10 Å². The molecule has 0 bridgehead atoms. The standard InChI is InChI=1S/C17H25N5O2/c23-15(16-6-4-10-24-16)11-14-5-2-1-3-9-21(14)12-17-18-19-20-22(17)13-7-8-13/h4,6,10,13-15,23H,1-3,5,7-9,11-12H2/t14-,15+/m1/s1. The summed E-state index contributed by atoms with van der Waals surface area (Å²) in [5.74, 6) is 1.61. The third kappa shape index (κ3) is 3.52. The van der Waals surface area contributed by atoms with Crippen molar-refractivity contribution in [3.63, 3.8) is 0 Å². The van der Waals surface area contributed by atoms with Crippen molar-refractivity contribution in [2.45, 2.75) is 69.7 Å². The molecular formula is C17H25N5O2. The van der Waals surface area contributed by atoms with Gasteiger partial charge < -0.3 is 9.52 Å². The second kappa shape index (κ2) is 7.03. The quantitative estimate of drug-likeness (QED) is 0.876. The highest BCUT2D eigenvalue weighted by molar-refractivity contribution is 5.03. The Morgan fingerprint density at radius 2 is 2.17 bits per heavy atom. The van der Waals surface area contributed by atoms with Gasteiger partial charge >= 0.3 is 0 Å². The van der Waals surface area contributed by atoms with Gasteiger partial charge in [-0.15, -0.1) is 5.10 Å². The summed E-state index contributed by atoms with van der Waals surface area (Å²) in [6.07, 6.45) is 8.87. The van der Waals surface area contributed by atoms with E-state index in [0.717, 1.165) is 25.3 Å². The van der Waals surface area contributed by atoms with E-state index in [-0.39, 0.29) is 0 Å². The molecule has 2 fully saturated rings. The maximum atomic E-state index is 10.5. The molecule has 2 atom stereocenters. The maximum Gasteiger partial charge on any atom is 0.165 e. The fraction of sp³-hybridized carbons (Fsp3) is 0.706. The van der Waals surface area contributed by atoms with Gasteiger partial charge in [-0.05, 0) is 61.2 Å². The molecule has 24 heavy (non-hydrogen) atoms. The number of aliphatic hydroxyl groups is 1. The minimum atomic E-state index is -0.551. The van der Waals surface area contributed by atoms with Gasteiger partial charge in [0.05, 0.1) is 18.8 Å². The summed E-state index contributed by atoms with van der Waals surface area (Å²) in [5, 5.41) is 22.8. The zero-order chi connectivity index (χ0) is 16.4. The third-order valence-electron chi connectivity index (χ3n) is 5.16. The fourth-order valence-corrected chi connectivity index (χ4v) is 3.67. The van der Waals surface area contributed by atoms with Gasteiger partial charge in [-0.25, -0.2) is 4.68 Å². The highest BCUT2D eigenvalue weighted by Crippen LogP contribution is 2.35. The van der Waals surface area contributed by atoms with Crippen LogP contribution in [0.15, 0.2) is 22.8 Å². The summed E-state index contributed by atoms with van der Waals surface area (Å²) in [7, 11) is 0. The molecule has 1 N–H and O–H groups in total. The van der Waals surface area contributed by atoms with Crippen LogP contribution in [0.5, 0.6) is 0 Å². The first-order valence-electron chi connectivity index (χ1n) is 9.03. The molecule has 2 aliphatic rings. The Kier molecular flexibility index (Phi) is 4.62. The lowest BCUT2D eigenvalue weighted by atomic mass is 10.0. The zero-order valence-corrected chi connectivity index (χ0v) is 13.9.